The molecule has 364 valence electrons. The van der Waals surface area contributed by atoms with Gasteiger partial charge in [-0.15, -0.1) is 0 Å². The lowest BCUT2D eigenvalue weighted by atomic mass is 9.34. The van der Waals surface area contributed by atoms with Crippen molar-refractivity contribution in [3.63, 3.8) is 0 Å². The fourth-order valence-corrected chi connectivity index (χ4v) is 18.5. The van der Waals surface area contributed by atoms with Gasteiger partial charge in [0.05, 0.1) is 0 Å². The third-order valence-corrected chi connectivity index (χ3v) is 21.0. The Kier molecular flexibility index (Phi) is 13.8. The molecule has 0 saturated heterocycles. The maximum absolute atomic E-state index is 2.88. The van der Waals surface area contributed by atoms with Crippen molar-refractivity contribution in [3.8, 4) is 0 Å². The summed E-state index contributed by atoms with van der Waals surface area (Å²) in [5.74, 6) is 0. The maximum atomic E-state index is 2.63. The number of allylic oxidation sites excluding steroid dienone is 2. The monoisotopic (exact) mass is 973 g/mol. The third kappa shape index (κ3) is 9.04. The molecule has 0 N–H and O–H groups in total. The molecule has 0 saturated carbocycles. The highest BCUT2D eigenvalue weighted by atomic mass is 28.3. The molecule has 74 heavy (non-hydrogen) atoms. The van der Waals surface area contributed by atoms with Crippen LogP contribution in [0.2, 0.25) is 6.55 Å². The van der Waals surface area contributed by atoms with Crippen molar-refractivity contribution in [1.29, 1.82) is 0 Å². The van der Waals surface area contributed by atoms with Crippen LogP contribution in [0.4, 0.5) is 0 Å². The van der Waals surface area contributed by atoms with Gasteiger partial charge in [-0.1, -0.05) is 294 Å². The Morgan fingerprint density at radius 3 is 0.770 bits per heavy atom. The van der Waals surface area contributed by atoms with Gasteiger partial charge in [0.15, 0.2) is 0 Å². The number of aryl methyl sites for hydroxylation is 12. The second-order valence-electron chi connectivity index (χ2n) is 22.1. The first kappa shape index (κ1) is 50.3. The van der Waals surface area contributed by atoms with E-state index in [0.717, 1.165) is 0 Å². The lowest BCUT2D eigenvalue weighted by molar-refractivity contribution is 1.34. The van der Waals surface area contributed by atoms with Crippen LogP contribution in [0.3, 0.4) is 0 Å². The molecule has 1 heterocycles. The molecule has 1 aliphatic heterocycles. The van der Waals surface area contributed by atoms with Gasteiger partial charge in [-0.3, -0.25) is 0 Å². The number of benzene rings is 9. The molecule has 3 heteroatoms. The molecular formula is C71H70B2Si. The fourth-order valence-electron chi connectivity index (χ4n) is 13.8. The van der Waals surface area contributed by atoms with Crippen LogP contribution in [0.5, 0.6) is 0 Å². The molecule has 9 aromatic carbocycles. The summed E-state index contributed by atoms with van der Waals surface area (Å²) < 4.78 is 0. The zero-order chi connectivity index (χ0) is 52.2. The molecular weight excluding hydrogens is 902 g/mol. The topological polar surface area (TPSA) is 0 Å². The first-order valence-electron chi connectivity index (χ1n) is 26.7. The van der Waals surface area contributed by atoms with Gasteiger partial charge in [0.1, 0.15) is 8.07 Å². The van der Waals surface area contributed by atoms with Crippen molar-refractivity contribution in [3.05, 3.63) is 277 Å². The van der Waals surface area contributed by atoms with E-state index in [9.17, 15) is 0 Å². The Morgan fingerprint density at radius 2 is 0.514 bits per heavy atom. The van der Waals surface area contributed by atoms with E-state index < -0.39 is 8.07 Å². The van der Waals surface area contributed by atoms with Crippen LogP contribution in [-0.2, 0) is 0 Å². The average Bonchev–Trinajstić information content (AvgIpc) is 3.68. The largest absolute Gasteiger partial charge is 0.242 e. The minimum absolute atomic E-state index is 0.0880. The van der Waals surface area contributed by atoms with Crippen LogP contribution in [0.25, 0.3) is 21.5 Å². The first-order chi connectivity index (χ1) is 35.5. The Morgan fingerprint density at radius 1 is 0.270 bits per heavy atom. The Balaban J connectivity index is 1.23. The van der Waals surface area contributed by atoms with Crippen molar-refractivity contribution in [2.24, 2.45) is 0 Å². The Hall–Kier alpha value is -7.19. The summed E-state index contributed by atoms with van der Waals surface area (Å²) in [5, 5.41) is 4.31. The molecule has 0 aliphatic carbocycles. The molecule has 10 rings (SSSR count). The van der Waals surface area contributed by atoms with Gasteiger partial charge in [-0.25, -0.2) is 0 Å². The van der Waals surface area contributed by atoms with E-state index in [1.54, 1.807) is 0 Å². The summed E-state index contributed by atoms with van der Waals surface area (Å²) in [6, 6.07) is 72.8. The second-order valence-corrected chi connectivity index (χ2v) is 25.9. The third-order valence-electron chi connectivity index (χ3n) is 16.4. The van der Waals surface area contributed by atoms with Crippen molar-refractivity contribution in [1.82, 2.24) is 0 Å². The molecule has 0 aromatic heterocycles. The van der Waals surface area contributed by atoms with Crippen LogP contribution in [-0.4, -0.2) is 21.5 Å². The highest BCUT2D eigenvalue weighted by Gasteiger charge is 2.48. The van der Waals surface area contributed by atoms with E-state index in [0.29, 0.717) is 0 Å². The fraction of sp³-hybridized carbons (Fsp3) is 0.183. The Labute approximate surface area is 445 Å². The van der Waals surface area contributed by atoms with Crippen LogP contribution in [0.15, 0.2) is 188 Å². The van der Waals surface area contributed by atoms with Crippen molar-refractivity contribution in [2.75, 3.05) is 0 Å². The van der Waals surface area contributed by atoms with Crippen LogP contribution >= 0.6 is 0 Å². The summed E-state index contributed by atoms with van der Waals surface area (Å²) in [6.45, 7) is 30.2. The number of hydrogen-bond donors (Lipinski definition) is 0. The highest BCUT2D eigenvalue weighted by Crippen LogP contribution is 2.55. The predicted octanol–water partition coefficient (Wildman–Crippen LogP) is 13.0. The number of hydrogen-bond acceptors (Lipinski definition) is 0. The van der Waals surface area contributed by atoms with E-state index in [2.05, 4.69) is 278 Å². The van der Waals surface area contributed by atoms with Gasteiger partial charge in [-0.05, 0) is 132 Å². The van der Waals surface area contributed by atoms with Crippen molar-refractivity contribution < 1.29 is 0 Å². The lowest BCUT2D eigenvalue weighted by Gasteiger charge is -2.32. The summed E-state index contributed by atoms with van der Waals surface area (Å²) in [4.78, 5) is 0. The summed E-state index contributed by atoms with van der Waals surface area (Å²) in [5.41, 5.74) is 32.0. The van der Waals surface area contributed by atoms with Crippen molar-refractivity contribution >= 4 is 81.0 Å². The highest BCUT2D eigenvalue weighted by molar-refractivity contribution is 7.21. The van der Waals surface area contributed by atoms with Gasteiger partial charge in [-0.2, -0.15) is 0 Å². The molecule has 0 atom stereocenters. The first-order valence-corrected chi connectivity index (χ1v) is 29.2. The van der Waals surface area contributed by atoms with Gasteiger partial charge < -0.3 is 0 Å². The molecule has 0 nitrogen and oxygen atoms in total. The zero-order valence-electron chi connectivity index (χ0n) is 46.1. The normalized spacial score (nSPS) is 13.2. The summed E-state index contributed by atoms with van der Waals surface area (Å²) in [7, 11) is -2.88. The SMILES string of the molecule is Cc1cc(C)c(B(c2ccc(C3=C(c4ccccc4)C(c4ccccc4)=C(c4ccc(B(c5c(C)cc(C)cc5C)c5c(C)cc(C)cc5C)cc4)[Si]3(C)c3ccccc3)cc2)c2c(C)cc(C)cc2C)c(C)c1. The predicted molar refractivity (Wildman–Crippen MR) is 329 cm³/mol. The number of rotatable bonds is 11. The van der Waals surface area contributed by atoms with Gasteiger partial charge in [0, 0.05) is 0 Å². The van der Waals surface area contributed by atoms with E-state index in [1.807, 2.05) is 0 Å². The lowest BCUT2D eigenvalue weighted by Crippen LogP contribution is -2.56. The van der Waals surface area contributed by atoms with Crippen LogP contribution in [0.1, 0.15) is 89.0 Å². The van der Waals surface area contributed by atoms with Gasteiger partial charge >= 0.3 is 0 Å². The smallest absolute Gasteiger partial charge is 0.0686 e. The standard InChI is InChI=1S/C71H70B2Si/c1-45-37-49(5)66(50(6)38-45)72(67-51(7)39-46(2)40-52(67)8)61-33-29-59(30-34-61)70-64(57-23-17-14-18-24-57)65(58-25-19-15-20-26-58)71(74(70,13)63-27-21-16-22-28-63)60-31-35-62(36-32-60)73(68-53(9)41-47(3)42-54(68)10)69-55(11)43-48(4)44-56(69)12/h14-44H,1-13H3. The minimum Gasteiger partial charge on any atom is -0.0686 e. The van der Waals surface area contributed by atoms with Crippen LogP contribution in [0, 0.1) is 83.1 Å². The minimum atomic E-state index is -2.88. The quantitative estimate of drug-likeness (QED) is 0.113. The summed E-state index contributed by atoms with van der Waals surface area (Å²) in [6.07, 6.45) is 0. The van der Waals surface area contributed by atoms with Gasteiger partial charge in [0.2, 0.25) is 13.4 Å². The van der Waals surface area contributed by atoms with E-state index in [-0.39, 0.29) is 13.4 Å². The van der Waals surface area contributed by atoms with E-state index in [4.69, 9.17) is 0 Å². The maximum Gasteiger partial charge on any atom is 0.242 e. The Bertz CT molecular complexity index is 3230. The average molecular weight is 973 g/mol. The molecule has 9 aromatic rings. The van der Waals surface area contributed by atoms with E-state index in [1.165, 1.54) is 149 Å². The molecule has 0 radical (unpaired) electrons. The molecule has 0 fully saturated rings. The molecule has 0 spiro atoms. The molecule has 0 amide bonds. The summed E-state index contributed by atoms with van der Waals surface area (Å²) >= 11 is 0. The second kappa shape index (κ2) is 20.3. The van der Waals surface area contributed by atoms with E-state index >= 15 is 0 Å². The molecule has 0 bridgehead atoms. The van der Waals surface area contributed by atoms with Gasteiger partial charge in [0.25, 0.3) is 0 Å². The zero-order valence-corrected chi connectivity index (χ0v) is 47.1. The molecule has 0 unspecified atom stereocenters. The van der Waals surface area contributed by atoms with Crippen molar-refractivity contribution in [2.45, 2.75) is 89.6 Å². The molecule has 1 aliphatic rings. The van der Waals surface area contributed by atoms with Crippen LogP contribution < -0.4 is 38.0 Å².